The van der Waals surface area contributed by atoms with E-state index in [0.717, 1.165) is 43.6 Å². The first-order valence-electron chi connectivity index (χ1n) is 8.97. The van der Waals surface area contributed by atoms with E-state index in [1.165, 1.54) is 0 Å². The molecule has 0 saturated heterocycles. The summed E-state index contributed by atoms with van der Waals surface area (Å²) in [6.45, 7) is 3.11. The summed E-state index contributed by atoms with van der Waals surface area (Å²) in [5, 5.41) is 5.21. The van der Waals surface area contributed by atoms with Gasteiger partial charge in [0.05, 0.1) is 11.5 Å². The standard InChI is InChI=1S/C22H20N2O2S/c1-15-17-9-2-3-11-19(17)27-21(15)22(25)24-13-6-14-26-18-10-4-7-16-8-5-12-23-20(16)18/h2-5,7-12H,6,13-14H2,1H3,(H,24,25). The largest absolute Gasteiger partial charge is 0.491 e. The first-order valence-corrected chi connectivity index (χ1v) is 9.78. The molecule has 0 unspecified atom stereocenters. The normalized spacial score (nSPS) is 11.0. The minimum Gasteiger partial charge on any atom is -0.491 e. The van der Waals surface area contributed by atoms with Crippen LogP contribution in [-0.2, 0) is 0 Å². The van der Waals surface area contributed by atoms with Gasteiger partial charge in [0.25, 0.3) is 5.91 Å². The van der Waals surface area contributed by atoms with Crippen LogP contribution < -0.4 is 10.1 Å². The van der Waals surface area contributed by atoms with Gasteiger partial charge in [0.1, 0.15) is 11.3 Å². The number of hydrogen-bond acceptors (Lipinski definition) is 4. The number of aromatic nitrogens is 1. The molecule has 0 saturated carbocycles. The molecule has 4 aromatic rings. The van der Waals surface area contributed by atoms with Crippen LogP contribution in [0.4, 0.5) is 0 Å². The summed E-state index contributed by atoms with van der Waals surface area (Å²) >= 11 is 1.54. The van der Waals surface area contributed by atoms with Gasteiger partial charge >= 0.3 is 0 Å². The number of rotatable bonds is 6. The SMILES string of the molecule is Cc1c(C(=O)NCCCOc2cccc3cccnc23)sc2ccccc12. The van der Waals surface area contributed by atoms with Gasteiger partial charge in [-0.05, 0) is 42.5 Å². The zero-order valence-corrected chi connectivity index (χ0v) is 15.9. The first kappa shape index (κ1) is 17.5. The van der Waals surface area contributed by atoms with Crippen LogP contribution in [0.2, 0.25) is 0 Å². The van der Waals surface area contributed by atoms with E-state index in [1.807, 2.05) is 49.4 Å². The summed E-state index contributed by atoms with van der Waals surface area (Å²) in [5.41, 5.74) is 1.91. The zero-order chi connectivity index (χ0) is 18.6. The minimum atomic E-state index is -0.0134. The molecule has 27 heavy (non-hydrogen) atoms. The van der Waals surface area contributed by atoms with E-state index in [2.05, 4.69) is 22.4 Å². The number of amides is 1. The number of hydrogen-bond donors (Lipinski definition) is 1. The highest BCUT2D eigenvalue weighted by molar-refractivity contribution is 7.21. The lowest BCUT2D eigenvalue weighted by Gasteiger charge is -2.09. The Labute approximate surface area is 161 Å². The maximum absolute atomic E-state index is 12.5. The van der Waals surface area contributed by atoms with E-state index in [-0.39, 0.29) is 5.91 Å². The summed E-state index contributed by atoms with van der Waals surface area (Å²) in [6, 6.07) is 17.9. The molecule has 0 spiro atoms. The van der Waals surface area contributed by atoms with Crippen LogP contribution >= 0.6 is 11.3 Å². The molecule has 136 valence electrons. The second-order valence-corrected chi connectivity index (χ2v) is 7.39. The number of fused-ring (bicyclic) bond motifs is 2. The van der Waals surface area contributed by atoms with Gasteiger partial charge in [-0.25, -0.2) is 0 Å². The molecule has 0 aliphatic rings. The van der Waals surface area contributed by atoms with Gasteiger partial charge in [0.15, 0.2) is 0 Å². The fourth-order valence-electron chi connectivity index (χ4n) is 3.12. The van der Waals surface area contributed by atoms with Crippen molar-refractivity contribution in [2.45, 2.75) is 13.3 Å². The Bertz CT molecular complexity index is 1100. The van der Waals surface area contributed by atoms with Crippen molar-refractivity contribution in [3.05, 3.63) is 71.2 Å². The van der Waals surface area contributed by atoms with Crippen molar-refractivity contribution < 1.29 is 9.53 Å². The number of nitrogens with zero attached hydrogens (tertiary/aromatic N) is 1. The Hall–Kier alpha value is -2.92. The Balaban J connectivity index is 1.32. The predicted octanol–water partition coefficient (Wildman–Crippen LogP) is 4.96. The predicted molar refractivity (Wildman–Crippen MR) is 111 cm³/mol. The molecule has 4 rings (SSSR count). The number of thiophene rings is 1. The molecule has 0 bridgehead atoms. The van der Waals surface area contributed by atoms with Gasteiger partial charge in [-0.15, -0.1) is 11.3 Å². The number of aryl methyl sites for hydroxylation is 1. The van der Waals surface area contributed by atoms with E-state index in [4.69, 9.17) is 4.74 Å². The second-order valence-electron chi connectivity index (χ2n) is 6.34. The average Bonchev–Trinajstić information content (AvgIpc) is 3.05. The van der Waals surface area contributed by atoms with Gasteiger partial charge in [-0.2, -0.15) is 0 Å². The molecule has 0 radical (unpaired) electrons. The molecular formula is C22H20N2O2S. The lowest BCUT2D eigenvalue weighted by Crippen LogP contribution is -2.25. The highest BCUT2D eigenvalue weighted by Crippen LogP contribution is 2.30. The molecule has 2 aromatic heterocycles. The van der Waals surface area contributed by atoms with Crippen LogP contribution in [-0.4, -0.2) is 24.0 Å². The third-order valence-electron chi connectivity index (χ3n) is 4.51. The van der Waals surface area contributed by atoms with E-state index >= 15 is 0 Å². The molecule has 5 heteroatoms. The number of nitrogens with one attached hydrogen (secondary N) is 1. The molecule has 0 fully saturated rings. The second kappa shape index (κ2) is 7.76. The third kappa shape index (κ3) is 3.64. The summed E-state index contributed by atoms with van der Waals surface area (Å²) < 4.78 is 7.01. The third-order valence-corrected chi connectivity index (χ3v) is 5.78. The Morgan fingerprint density at radius 1 is 1.11 bits per heavy atom. The summed E-state index contributed by atoms with van der Waals surface area (Å²) in [7, 11) is 0. The van der Waals surface area contributed by atoms with Crippen molar-refractivity contribution >= 4 is 38.2 Å². The molecule has 1 N–H and O–H groups in total. The highest BCUT2D eigenvalue weighted by Gasteiger charge is 2.14. The van der Waals surface area contributed by atoms with Crippen molar-refractivity contribution in [1.82, 2.24) is 10.3 Å². The molecule has 1 amide bonds. The smallest absolute Gasteiger partial charge is 0.261 e. The van der Waals surface area contributed by atoms with Crippen LogP contribution in [0.5, 0.6) is 5.75 Å². The number of carbonyl (C=O) groups is 1. The Morgan fingerprint density at radius 2 is 1.96 bits per heavy atom. The monoisotopic (exact) mass is 376 g/mol. The lowest BCUT2D eigenvalue weighted by molar-refractivity contribution is 0.0955. The average molecular weight is 376 g/mol. The Morgan fingerprint density at radius 3 is 2.85 bits per heavy atom. The van der Waals surface area contributed by atoms with Crippen molar-refractivity contribution in [2.75, 3.05) is 13.2 Å². The summed E-state index contributed by atoms with van der Waals surface area (Å²) in [5.74, 6) is 0.764. The van der Waals surface area contributed by atoms with E-state index in [9.17, 15) is 4.79 Å². The first-order chi connectivity index (χ1) is 13.2. The van der Waals surface area contributed by atoms with Crippen LogP contribution in [0.3, 0.4) is 0 Å². The molecule has 0 atom stereocenters. The van der Waals surface area contributed by atoms with E-state index < -0.39 is 0 Å². The number of benzene rings is 2. The number of ether oxygens (including phenoxy) is 1. The number of carbonyl (C=O) groups excluding carboxylic acids is 1. The Kier molecular flexibility index (Phi) is 5.03. The van der Waals surface area contributed by atoms with Gasteiger partial charge in [-0.3, -0.25) is 9.78 Å². The minimum absolute atomic E-state index is 0.0134. The van der Waals surface area contributed by atoms with Crippen LogP contribution in [0.1, 0.15) is 21.7 Å². The van der Waals surface area contributed by atoms with Crippen molar-refractivity contribution in [1.29, 1.82) is 0 Å². The molecular weight excluding hydrogens is 356 g/mol. The van der Waals surface area contributed by atoms with Crippen molar-refractivity contribution in [3.8, 4) is 5.75 Å². The van der Waals surface area contributed by atoms with Crippen molar-refractivity contribution in [3.63, 3.8) is 0 Å². The molecule has 2 aromatic carbocycles. The zero-order valence-electron chi connectivity index (χ0n) is 15.1. The molecule has 0 aliphatic carbocycles. The van der Waals surface area contributed by atoms with Crippen LogP contribution in [0.25, 0.3) is 21.0 Å². The van der Waals surface area contributed by atoms with Gasteiger partial charge in [0, 0.05) is 22.8 Å². The molecule has 2 heterocycles. The number of para-hydroxylation sites is 1. The maximum atomic E-state index is 12.5. The lowest BCUT2D eigenvalue weighted by atomic mass is 10.1. The van der Waals surface area contributed by atoms with Crippen LogP contribution in [0, 0.1) is 6.92 Å². The van der Waals surface area contributed by atoms with Gasteiger partial charge in [0.2, 0.25) is 0 Å². The van der Waals surface area contributed by atoms with Gasteiger partial charge in [-0.1, -0.05) is 36.4 Å². The topological polar surface area (TPSA) is 51.2 Å². The molecule has 0 aliphatic heterocycles. The number of pyridine rings is 1. The summed E-state index contributed by atoms with van der Waals surface area (Å²) in [6.07, 6.45) is 2.50. The van der Waals surface area contributed by atoms with Gasteiger partial charge < -0.3 is 10.1 Å². The fourth-order valence-corrected chi connectivity index (χ4v) is 4.25. The van der Waals surface area contributed by atoms with Crippen LogP contribution in [0.15, 0.2) is 60.8 Å². The van der Waals surface area contributed by atoms with E-state index in [0.29, 0.717) is 13.2 Å². The highest BCUT2D eigenvalue weighted by atomic mass is 32.1. The maximum Gasteiger partial charge on any atom is 0.261 e. The fraction of sp³-hybridized carbons (Fsp3) is 0.182. The van der Waals surface area contributed by atoms with E-state index in [1.54, 1.807) is 17.5 Å². The molecule has 4 nitrogen and oxygen atoms in total. The summed E-state index contributed by atoms with van der Waals surface area (Å²) in [4.78, 5) is 17.7. The van der Waals surface area contributed by atoms with Crippen molar-refractivity contribution in [2.24, 2.45) is 0 Å². The quantitative estimate of drug-likeness (QED) is 0.484.